The van der Waals surface area contributed by atoms with Crippen molar-refractivity contribution in [1.29, 1.82) is 0 Å². The standard InChI is InChI=1S/C17H22/c1-4-17(5-2)10-14-8-13-7-6-12(3)16(13)9-15(14)11-17/h6-9,12H,4-5,10-11H2,1-3H3. The Bertz CT molecular complexity index is 475. The highest BCUT2D eigenvalue weighted by atomic mass is 14.4. The molecule has 0 heteroatoms. The van der Waals surface area contributed by atoms with Crippen LogP contribution in [-0.2, 0) is 12.8 Å². The van der Waals surface area contributed by atoms with Crippen molar-refractivity contribution >= 4 is 6.08 Å². The molecule has 0 amide bonds. The van der Waals surface area contributed by atoms with E-state index in [1.165, 1.54) is 31.2 Å². The Balaban J connectivity index is 2.02. The topological polar surface area (TPSA) is 0 Å². The molecule has 0 bridgehead atoms. The Kier molecular flexibility index (Phi) is 2.43. The lowest BCUT2D eigenvalue weighted by Crippen LogP contribution is -2.18. The molecule has 90 valence electrons. The molecule has 2 aliphatic carbocycles. The smallest absolute Gasteiger partial charge is 0.000107 e. The summed E-state index contributed by atoms with van der Waals surface area (Å²) < 4.78 is 0. The highest BCUT2D eigenvalue weighted by Gasteiger charge is 2.34. The van der Waals surface area contributed by atoms with Crippen LogP contribution in [0.3, 0.4) is 0 Å². The molecule has 1 unspecified atom stereocenters. The maximum atomic E-state index is 2.49. The van der Waals surface area contributed by atoms with Crippen LogP contribution in [0.4, 0.5) is 0 Å². The molecular formula is C17H22. The summed E-state index contributed by atoms with van der Waals surface area (Å²) in [4.78, 5) is 0. The Morgan fingerprint density at radius 2 is 1.76 bits per heavy atom. The van der Waals surface area contributed by atoms with Crippen LogP contribution in [0.5, 0.6) is 0 Å². The minimum atomic E-state index is 0.560. The lowest BCUT2D eigenvalue weighted by atomic mass is 9.80. The minimum Gasteiger partial charge on any atom is -0.0767 e. The second kappa shape index (κ2) is 3.73. The number of benzene rings is 1. The summed E-state index contributed by atoms with van der Waals surface area (Å²) in [6, 6.07) is 4.94. The zero-order valence-corrected chi connectivity index (χ0v) is 11.2. The third-order valence-electron chi connectivity index (χ3n) is 5.09. The molecule has 3 rings (SSSR count). The molecule has 0 saturated carbocycles. The van der Waals surface area contributed by atoms with Gasteiger partial charge in [-0.1, -0.05) is 45.1 Å². The van der Waals surface area contributed by atoms with Crippen LogP contribution in [0.25, 0.3) is 6.08 Å². The van der Waals surface area contributed by atoms with E-state index in [4.69, 9.17) is 0 Å². The zero-order valence-electron chi connectivity index (χ0n) is 11.2. The van der Waals surface area contributed by atoms with E-state index >= 15 is 0 Å². The van der Waals surface area contributed by atoms with Crippen LogP contribution in [0.1, 0.15) is 61.8 Å². The summed E-state index contributed by atoms with van der Waals surface area (Å²) in [7, 11) is 0. The number of allylic oxidation sites excluding steroid dienone is 1. The summed E-state index contributed by atoms with van der Waals surface area (Å²) in [6.07, 6.45) is 9.85. The van der Waals surface area contributed by atoms with E-state index in [0.29, 0.717) is 11.3 Å². The lowest BCUT2D eigenvalue weighted by molar-refractivity contribution is 0.280. The summed E-state index contributed by atoms with van der Waals surface area (Å²) in [5.41, 5.74) is 6.82. The van der Waals surface area contributed by atoms with Crippen molar-refractivity contribution in [2.75, 3.05) is 0 Å². The molecule has 1 atom stereocenters. The van der Waals surface area contributed by atoms with Gasteiger partial charge in [0, 0.05) is 0 Å². The Labute approximate surface area is 105 Å². The van der Waals surface area contributed by atoms with Gasteiger partial charge in [0.05, 0.1) is 0 Å². The Morgan fingerprint density at radius 1 is 1.12 bits per heavy atom. The van der Waals surface area contributed by atoms with E-state index in [0.717, 1.165) is 0 Å². The van der Waals surface area contributed by atoms with E-state index in [2.05, 4.69) is 45.1 Å². The van der Waals surface area contributed by atoms with Crippen molar-refractivity contribution in [2.24, 2.45) is 5.41 Å². The second-order valence-electron chi connectivity index (χ2n) is 5.96. The molecule has 0 fully saturated rings. The van der Waals surface area contributed by atoms with Crippen LogP contribution in [0, 0.1) is 5.41 Å². The van der Waals surface area contributed by atoms with E-state index in [-0.39, 0.29) is 0 Å². The molecule has 0 nitrogen and oxygen atoms in total. The normalized spacial score (nSPS) is 23.8. The highest BCUT2D eigenvalue weighted by molar-refractivity contribution is 5.64. The summed E-state index contributed by atoms with van der Waals surface area (Å²) >= 11 is 0. The Hall–Kier alpha value is -1.04. The Morgan fingerprint density at radius 3 is 2.41 bits per heavy atom. The van der Waals surface area contributed by atoms with Crippen LogP contribution in [-0.4, -0.2) is 0 Å². The van der Waals surface area contributed by atoms with E-state index < -0.39 is 0 Å². The fourth-order valence-electron chi connectivity index (χ4n) is 3.57. The maximum Gasteiger partial charge on any atom is -0.000107 e. The van der Waals surface area contributed by atoms with Gasteiger partial charge in [0.25, 0.3) is 0 Å². The van der Waals surface area contributed by atoms with Crippen molar-refractivity contribution < 1.29 is 0 Å². The van der Waals surface area contributed by atoms with Gasteiger partial charge in [0.15, 0.2) is 0 Å². The first kappa shape index (κ1) is 11.1. The third kappa shape index (κ3) is 1.57. The molecule has 0 aromatic heterocycles. The largest absolute Gasteiger partial charge is 0.0767 e. The lowest BCUT2D eigenvalue weighted by Gasteiger charge is -2.25. The van der Waals surface area contributed by atoms with Gasteiger partial charge in [0.2, 0.25) is 0 Å². The predicted molar refractivity (Wildman–Crippen MR) is 74.3 cm³/mol. The molecule has 0 radical (unpaired) electrons. The van der Waals surface area contributed by atoms with Crippen LogP contribution < -0.4 is 0 Å². The van der Waals surface area contributed by atoms with Gasteiger partial charge in [-0.15, -0.1) is 0 Å². The number of rotatable bonds is 2. The fourth-order valence-corrected chi connectivity index (χ4v) is 3.57. The van der Waals surface area contributed by atoms with Crippen LogP contribution in [0.2, 0.25) is 0 Å². The first-order valence-electron chi connectivity index (χ1n) is 7.01. The SMILES string of the molecule is CCC1(CC)Cc2cc3c(cc2C1)C(C)C=C3. The van der Waals surface area contributed by atoms with Gasteiger partial charge >= 0.3 is 0 Å². The minimum absolute atomic E-state index is 0.560. The highest BCUT2D eigenvalue weighted by Crippen LogP contribution is 2.44. The second-order valence-corrected chi connectivity index (χ2v) is 5.96. The fraction of sp³-hybridized carbons (Fsp3) is 0.529. The van der Waals surface area contributed by atoms with E-state index in [9.17, 15) is 0 Å². The average molecular weight is 226 g/mol. The molecule has 1 aromatic carbocycles. The molecular weight excluding hydrogens is 204 g/mol. The number of hydrogen-bond acceptors (Lipinski definition) is 0. The number of hydrogen-bond donors (Lipinski definition) is 0. The summed E-state index contributed by atoms with van der Waals surface area (Å²) in [5, 5.41) is 0. The van der Waals surface area contributed by atoms with Gasteiger partial charge < -0.3 is 0 Å². The molecule has 17 heavy (non-hydrogen) atoms. The summed E-state index contributed by atoms with van der Waals surface area (Å²) in [5.74, 6) is 0.619. The van der Waals surface area contributed by atoms with Gasteiger partial charge in [0.1, 0.15) is 0 Å². The van der Waals surface area contributed by atoms with Gasteiger partial charge in [-0.25, -0.2) is 0 Å². The molecule has 0 spiro atoms. The molecule has 2 aliphatic rings. The molecule has 0 N–H and O–H groups in total. The van der Waals surface area contributed by atoms with Gasteiger partial charge in [-0.2, -0.15) is 0 Å². The van der Waals surface area contributed by atoms with Crippen molar-refractivity contribution in [3.05, 3.63) is 40.5 Å². The zero-order chi connectivity index (χ0) is 12.0. The maximum absolute atomic E-state index is 2.49. The van der Waals surface area contributed by atoms with Crippen molar-refractivity contribution in [3.63, 3.8) is 0 Å². The number of fused-ring (bicyclic) bond motifs is 2. The average Bonchev–Trinajstić information content (AvgIpc) is 2.88. The first-order chi connectivity index (χ1) is 8.17. The molecule has 0 aliphatic heterocycles. The van der Waals surface area contributed by atoms with Crippen molar-refractivity contribution in [3.8, 4) is 0 Å². The molecule has 0 heterocycles. The van der Waals surface area contributed by atoms with Crippen molar-refractivity contribution in [2.45, 2.75) is 52.4 Å². The van der Waals surface area contributed by atoms with Crippen LogP contribution >= 0.6 is 0 Å². The van der Waals surface area contributed by atoms with Crippen molar-refractivity contribution in [1.82, 2.24) is 0 Å². The summed E-state index contributed by atoms with van der Waals surface area (Å²) in [6.45, 7) is 7.01. The van der Waals surface area contributed by atoms with E-state index in [1.807, 2.05) is 0 Å². The predicted octanol–water partition coefficient (Wildman–Crippen LogP) is 4.72. The monoisotopic (exact) mass is 226 g/mol. The van der Waals surface area contributed by atoms with Gasteiger partial charge in [-0.3, -0.25) is 0 Å². The quantitative estimate of drug-likeness (QED) is 0.684. The molecule has 0 saturated heterocycles. The van der Waals surface area contributed by atoms with Gasteiger partial charge in [-0.05, 0) is 59.3 Å². The van der Waals surface area contributed by atoms with E-state index in [1.54, 1.807) is 16.7 Å². The first-order valence-corrected chi connectivity index (χ1v) is 7.01. The van der Waals surface area contributed by atoms with Crippen LogP contribution in [0.15, 0.2) is 18.2 Å². The molecule has 1 aromatic rings. The third-order valence-corrected chi connectivity index (χ3v) is 5.09.